The minimum atomic E-state index is -0.379. The fraction of sp³-hybridized carbons (Fsp3) is 0.167. The molecule has 0 saturated carbocycles. The minimum Gasteiger partial charge on any atom is -0.486 e. The summed E-state index contributed by atoms with van der Waals surface area (Å²) < 4.78 is 22.0. The van der Waals surface area contributed by atoms with Crippen molar-refractivity contribution < 1.29 is 9.13 Å². The van der Waals surface area contributed by atoms with Crippen LogP contribution in [0.3, 0.4) is 0 Å². The van der Waals surface area contributed by atoms with E-state index in [0.717, 1.165) is 5.56 Å². The molecule has 0 aliphatic heterocycles. The van der Waals surface area contributed by atoms with Gasteiger partial charge in [-0.25, -0.2) is 4.39 Å². The van der Waals surface area contributed by atoms with Crippen LogP contribution in [0, 0.1) is 5.82 Å². The molecule has 3 rings (SSSR count). The van der Waals surface area contributed by atoms with Crippen LogP contribution in [0.4, 0.5) is 4.39 Å². The standard InChI is InChI=1S/C18H18FN3O/c19-18-16(15-11-21-22(12-15)10-9-20)7-4-8-17(18)23-13-14-5-2-1-3-6-14/h1-8,11-12H,9-10,13,20H2. The van der Waals surface area contributed by atoms with Crippen molar-refractivity contribution in [2.45, 2.75) is 13.2 Å². The summed E-state index contributed by atoms with van der Waals surface area (Å²) in [5.41, 5.74) is 7.68. The highest BCUT2D eigenvalue weighted by molar-refractivity contribution is 5.64. The molecule has 2 aromatic carbocycles. The molecule has 0 aliphatic carbocycles. The normalized spacial score (nSPS) is 10.7. The fourth-order valence-corrected chi connectivity index (χ4v) is 2.34. The molecule has 0 fully saturated rings. The molecule has 0 radical (unpaired) electrons. The number of nitrogens with two attached hydrogens (primary N) is 1. The summed E-state index contributed by atoms with van der Waals surface area (Å²) in [6, 6.07) is 14.8. The van der Waals surface area contributed by atoms with Crippen molar-refractivity contribution in [2.75, 3.05) is 6.54 Å². The summed E-state index contributed by atoms with van der Waals surface area (Å²) in [6.45, 7) is 1.42. The van der Waals surface area contributed by atoms with Crippen molar-refractivity contribution in [2.24, 2.45) is 5.73 Å². The van der Waals surface area contributed by atoms with Gasteiger partial charge >= 0.3 is 0 Å². The van der Waals surface area contributed by atoms with Gasteiger partial charge in [0.25, 0.3) is 0 Å². The number of rotatable bonds is 6. The van der Waals surface area contributed by atoms with Crippen molar-refractivity contribution in [1.29, 1.82) is 0 Å². The molecule has 0 saturated heterocycles. The van der Waals surface area contributed by atoms with Gasteiger partial charge in [-0.3, -0.25) is 4.68 Å². The Balaban J connectivity index is 1.80. The predicted octanol–water partition coefficient (Wildman–Crippen LogP) is 3.23. The number of aromatic nitrogens is 2. The summed E-state index contributed by atoms with van der Waals surface area (Å²) in [7, 11) is 0. The Morgan fingerprint density at radius 3 is 2.70 bits per heavy atom. The SMILES string of the molecule is NCCn1cc(-c2cccc(OCc3ccccc3)c2F)cn1. The van der Waals surface area contributed by atoms with Gasteiger partial charge in [0, 0.05) is 23.9 Å². The number of hydrogen-bond acceptors (Lipinski definition) is 3. The van der Waals surface area contributed by atoms with Crippen molar-refractivity contribution >= 4 is 0 Å². The predicted molar refractivity (Wildman–Crippen MR) is 87.4 cm³/mol. The molecule has 0 atom stereocenters. The third-order valence-corrected chi connectivity index (χ3v) is 3.50. The van der Waals surface area contributed by atoms with Gasteiger partial charge < -0.3 is 10.5 Å². The first-order valence-electron chi connectivity index (χ1n) is 7.46. The largest absolute Gasteiger partial charge is 0.486 e. The van der Waals surface area contributed by atoms with Crippen LogP contribution in [0.25, 0.3) is 11.1 Å². The second-order valence-corrected chi connectivity index (χ2v) is 5.17. The molecule has 3 aromatic rings. The highest BCUT2D eigenvalue weighted by atomic mass is 19.1. The van der Waals surface area contributed by atoms with Crippen LogP contribution in [-0.2, 0) is 13.2 Å². The number of hydrogen-bond donors (Lipinski definition) is 1. The lowest BCUT2D eigenvalue weighted by Crippen LogP contribution is -2.09. The lowest BCUT2D eigenvalue weighted by Gasteiger charge is -2.09. The number of nitrogens with zero attached hydrogens (tertiary/aromatic N) is 2. The zero-order chi connectivity index (χ0) is 16.1. The molecular weight excluding hydrogens is 293 g/mol. The quantitative estimate of drug-likeness (QED) is 0.760. The van der Waals surface area contributed by atoms with Gasteiger partial charge in [-0.15, -0.1) is 0 Å². The molecule has 0 unspecified atom stereocenters. The molecule has 118 valence electrons. The average Bonchev–Trinajstić information content (AvgIpc) is 3.04. The molecule has 2 N–H and O–H groups in total. The molecule has 5 heteroatoms. The molecular formula is C18H18FN3O. The lowest BCUT2D eigenvalue weighted by molar-refractivity contribution is 0.291. The molecule has 0 spiro atoms. The maximum absolute atomic E-state index is 14.7. The maximum Gasteiger partial charge on any atom is 0.172 e. The van der Waals surface area contributed by atoms with E-state index in [1.807, 2.05) is 30.3 Å². The van der Waals surface area contributed by atoms with Gasteiger partial charge in [0.05, 0.1) is 12.7 Å². The molecule has 0 amide bonds. The van der Waals surface area contributed by atoms with Crippen LogP contribution < -0.4 is 10.5 Å². The molecule has 0 bridgehead atoms. The van der Waals surface area contributed by atoms with Crippen LogP contribution in [0.1, 0.15) is 5.56 Å². The summed E-state index contributed by atoms with van der Waals surface area (Å²) in [4.78, 5) is 0. The topological polar surface area (TPSA) is 53.1 Å². The van der Waals surface area contributed by atoms with E-state index in [1.54, 1.807) is 35.3 Å². The third-order valence-electron chi connectivity index (χ3n) is 3.50. The highest BCUT2D eigenvalue weighted by Gasteiger charge is 2.12. The first-order valence-corrected chi connectivity index (χ1v) is 7.46. The van der Waals surface area contributed by atoms with Crippen LogP contribution in [0.15, 0.2) is 60.9 Å². The van der Waals surface area contributed by atoms with E-state index < -0.39 is 0 Å². The Labute approximate surface area is 134 Å². The summed E-state index contributed by atoms with van der Waals surface area (Å²) in [6.07, 6.45) is 3.42. The van der Waals surface area contributed by atoms with E-state index in [1.165, 1.54) is 0 Å². The summed E-state index contributed by atoms with van der Waals surface area (Å²) in [5, 5.41) is 4.18. The molecule has 1 heterocycles. The number of benzene rings is 2. The van der Waals surface area contributed by atoms with E-state index >= 15 is 0 Å². The van der Waals surface area contributed by atoms with Crippen molar-refractivity contribution in [1.82, 2.24) is 9.78 Å². The lowest BCUT2D eigenvalue weighted by atomic mass is 10.1. The molecule has 4 nitrogen and oxygen atoms in total. The first-order chi connectivity index (χ1) is 11.3. The Morgan fingerprint density at radius 1 is 1.09 bits per heavy atom. The van der Waals surface area contributed by atoms with Crippen molar-refractivity contribution in [3.05, 3.63) is 72.3 Å². The smallest absolute Gasteiger partial charge is 0.172 e. The molecule has 1 aromatic heterocycles. The zero-order valence-corrected chi connectivity index (χ0v) is 12.7. The highest BCUT2D eigenvalue weighted by Crippen LogP contribution is 2.29. The van der Waals surface area contributed by atoms with E-state index in [4.69, 9.17) is 10.5 Å². The minimum absolute atomic E-state index is 0.234. The zero-order valence-electron chi connectivity index (χ0n) is 12.7. The van der Waals surface area contributed by atoms with E-state index in [2.05, 4.69) is 5.10 Å². The van der Waals surface area contributed by atoms with E-state index in [-0.39, 0.29) is 11.6 Å². The van der Waals surface area contributed by atoms with Crippen LogP contribution in [0.2, 0.25) is 0 Å². The molecule has 0 aliphatic rings. The van der Waals surface area contributed by atoms with E-state index in [0.29, 0.717) is 30.8 Å². The maximum atomic E-state index is 14.7. The Hall–Kier alpha value is -2.66. The van der Waals surface area contributed by atoms with Gasteiger partial charge in [-0.05, 0) is 11.6 Å². The fourth-order valence-electron chi connectivity index (χ4n) is 2.34. The van der Waals surface area contributed by atoms with Crippen LogP contribution in [-0.4, -0.2) is 16.3 Å². The van der Waals surface area contributed by atoms with Crippen LogP contribution >= 0.6 is 0 Å². The second kappa shape index (κ2) is 7.07. The van der Waals surface area contributed by atoms with Gasteiger partial charge in [0.1, 0.15) is 6.61 Å². The summed E-state index contributed by atoms with van der Waals surface area (Å²) >= 11 is 0. The van der Waals surface area contributed by atoms with E-state index in [9.17, 15) is 4.39 Å². The van der Waals surface area contributed by atoms with Crippen LogP contribution in [0.5, 0.6) is 5.75 Å². The number of ether oxygens (including phenoxy) is 1. The Bertz CT molecular complexity index is 771. The number of halogens is 1. The van der Waals surface area contributed by atoms with Crippen molar-refractivity contribution in [3.8, 4) is 16.9 Å². The van der Waals surface area contributed by atoms with Gasteiger partial charge in [-0.1, -0.05) is 42.5 Å². The summed E-state index contributed by atoms with van der Waals surface area (Å²) in [5.74, 6) is -0.145. The molecule has 23 heavy (non-hydrogen) atoms. The average molecular weight is 311 g/mol. The van der Waals surface area contributed by atoms with Gasteiger partial charge in [-0.2, -0.15) is 5.10 Å². The van der Waals surface area contributed by atoms with Gasteiger partial charge in [0.15, 0.2) is 11.6 Å². The Kier molecular flexibility index (Phi) is 4.68. The Morgan fingerprint density at radius 2 is 1.91 bits per heavy atom. The first kappa shape index (κ1) is 15.2. The van der Waals surface area contributed by atoms with Crippen molar-refractivity contribution in [3.63, 3.8) is 0 Å². The van der Waals surface area contributed by atoms with Gasteiger partial charge in [0.2, 0.25) is 0 Å². The second-order valence-electron chi connectivity index (χ2n) is 5.17. The third kappa shape index (κ3) is 3.57. The monoisotopic (exact) mass is 311 g/mol.